The van der Waals surface area contributed by atoms with Crippen LogP contribution in [0.5, 0.6) is 5.75 Å². The zero-order chi connectivity index (χ0) is 27.7. The minimum Gasteiger partial charge on any atom is -0.495 e. The van der Waals surface area contributed by atoms with Crippen molar-refractivity contribution >= 4 is 27.5 Å². The van der Waals surface area contributed by atoms with E-state index in [1.54, 1.807) is 36.1 Å². The van der Waals surface area contributed by atoms with Gasteiger partial charge >= 0.3 is 0 Å². The molecule has 38 heavy (non-hydrogen) atoms. The maximum Gasteiger partial charge on any atom is 0.242 e. The number of hydrogen-bond acceptors (Lipinski definition) is 5. The first kappa shape index (κ1) is 29.5. The lowest BCUT2D eigenvalue weighted by atomic mass is 9.95. The van der Waals surface area contributed by atoms with Crippen LogP contribution in [0.15, 0.2) is 48.5 Å². The number of anilines is 1. The van der Waals surface area contributed by atoms with Crippen molar-refractivity contribution in [2.24, 2.45) is 0 Å². The largest absolute Gasteiger partial charge is 0.495 e. The molecule has 2 aromatic rings. The summed E-state index contributed by atoms with van der Waals surface area (Å²) < 4.78 is 31.8. The second-order valence-corrected chi connectivity index (χ2v) is 12.0. The van der Waals surface area contributed by atoms with Gasteiger partial charge in [-0.1, -0.05) is 61.2 Å². The molecule has 1 N–H and O–H groups in total. The van der Waals surface area contributed by atoms with Crippen molar-refractivity contribution in [3.63, 3.8) is 0 Å². The molecule has 8 nitrogen and oxygen atoms in total. The van der Waals surface area contributed by atoms with E-state index in [1.807, 2.05) is 31.2 Å². The monoisotopic (exact) mass is 543 g/mol. The van der Waals surface area contributed by atoms with Crippen molar-refractivity contribution < 1.29 is 22.7 Å². The molecule has 1 aliphatic rings. The van der Waals surface area contributed by atoms with Crippen LogP contribution in [-0.4, -0.2) is 57.1 Å². The lowest BCUT2D eigenvalue weighted by Gasteiger charge is -2.31. The third-order valence-corrected chi connectivity index (χ3v) is 8.24. The van der Waals surface area contributed by atoms with Crippen LogP contribution in [0.4, 0.5) is 5.69 Å². The van der Waals surface area contributed by atoms with Crippen molar-refractivity contribution in [3.05, 3.63) is 59.7 Å². The Hall–Kier alpha value is -3.07. The minimum absolute atomic E-state index is 0.105. The highest BCUT2D eigenvalue weighted by Crippen LogP contribution is 2.30. The van der Waals surface area contributed by atoms with Crippen LogP contribution in [0.3, 0.4) is 0 Å². The lowest BCUT2D eigenvalue weighted by molar-refractivity contribution is -0.141. The number of nitrogens with zero attached hydrogens (tertiary/aromatic N) is 2. The van der Waals surface area contributed by atoms with Crippen LogP contribution < -0.4 is 14.4 Å². The van der Waals surface area contributed by atoms with Crippen molar-refractivity contribution in [1.82, 2.24) is 10.2 Å². The average molecular weight is 544 g/mol. The lowest BCUT2D eigenvalue weighted by Crippen LogP contribution is -2.50. The summed E-state index contributed by atoms with van der Waals surface area (Å²) in [5, 5.41) is 3.15. The Balaban J connectivity index is 1.73. The molecule has 1 fully saturated rings. The van der Waals surface area contributed by atoms with E-state index in [0.29, 0.717) is 24.4 Å². The van der Waals surface area contributed by atoms with Crippen molar-refractivity contribution in [3.8, 4) is 5.75 Å². The highest BCUT2D eigenvalue weighted by Gasteiger charge is 2.28. The number of benzene rings is 2. The molecule has 2 aromatic carbocycles. The van der Waals surface area contributed by atoms with Gasteiger partial charge in [-0.05, 0) is 50.8 Å². The van der Waals surface area contributed by atoms with Gasteiger partial charge in [-0.25, -0.2) is 8.42 Å². The van der Waals surface area contributed by atoms with Gasteiger partial charge in [-0.3, -0.25) is 13.9 Å². The Morgan fingerprint density at radius 2 is 1.79 bits per heavy atom. The molecule has 1 atom stereocenters. The number of hydrogen-bond donors (Lipinski definition) is 1. The van der Waals surface area contributed by atoms with E-state index < -0.39 is 16.1 Å². The fourth-order valence-corrected chi connectivity index (χ4v) is 5.95. The van der Waals surface area contributed by atoms with Crippen LogP contribution in [0.2, 0.25) is 0 Å². The number of carbonyl (C=O) groups excluding carboxylic acids is 2. The Morgan fingerprint density at radius 1 is 1.08 bits per heavy atom. The zero-order valence-electron chi connectivity index (χ0n) is 23.0. The van der Waals surface area contributed by atoms with Crippen molar-refractivity contribution in [2.45, 2.75) is 77.4 Å². The molecule has 1 saturated carbocycles. The molecular formula is C29H41N3O5S. The first-order valence-corrected chi connectivity index (χ1v) is 15.2. The van der Waals surface area contributed by atoms with E-state index in [2.05, 4.69) is 5.32 Å². The molecule has 1 aliphatic carbocycles. The van der Waals surface area contributed by atoms with Gasteiger partial charge in [0.2, 0.25) is 21.8 Å². The predicted octanol–water partition coefficient (Wildman–Crippen LogP) is 4.42. The van der Waals surface area contributed by atoms with E-state index in [0.717, 1.165) is 43.1 Å². The van der Waals surface area contributed by atoms with E-state index in [9.17, 15) is 18.0 Å². The Bertz CT molecular complexity index is 1190. The number of carbonyl (C=O) groups is 2. The summed E-state index contributed by atoms with van der Waals surface area (Å²) >= 11 is 0. The fraction of sp³-hybridized carbons (Fsp3) is 0.517. The zero-order valence-corrected chi connectivity index (χ0v) is 23.8. The van der Waals surface area contributed by atoms with Crippen LogP contribution in [-0.2, 0) is 26.2 Å². The van der Waals surface area contributed by atoms with Gasteiger partial charge in [-0.15, -0.1) is 0 Å². The van der Waals surface area contributed by atoms with Gasteiger partial charge in [0.05, 0.1) is 19.1 Å². The predicted molar refractivity (Wildman–Crippen MR) is 151 cm³/mol. The summed E-state index contributed by atoms with van der Waals surface area (Å²) in [6.07, 6.45) is 6.88. The van der Waals surface area contributed by atoms with Crippen LogP contribution in [0, 0.1) is 6.92 Å². The molecule has 0 aromatic heterocycles. The number of sulfonamides is 1. The van der Waals surface area contributed by atoms with Crippen molar-refractivity contribution in [2.75, 3.05) is 24.2 Å². The molecular weight excluding hydrogens is 502 g/mol. The fourth-order valence-electron chi connectivity index (χ4n) is 4.98. The van der Waals surface area contributed by atoms with E-state index in [1.165, 1.54) is 17.8 Å². The molecule has 3 rings (SSSR count). The summed E-state index contributed by atoms with van der Waals surface area (Å²) in [5.74, 6) is 0.106. The highest BCUT2D eigenvalue weighted by atomic mass is 32.2. The van der Waals surface area contributed by atoms with Crippen molar-refractivity contribution in [1.29, 1.82) is 0 Å². The van der Waals surface area contributed by atoms with Crippen LogP contribution in [0.1, 0.15) is 63.0 Å². The molecule has 0 bridgehead atoms. The number of nitrogens with one attached hydrogen (secondary N) is 1. The third-order valence-electron chi connectivity index (χ3n) is 7.06. The van der Waals surface area contributed by atoms with Gasteiger partial charge in [0, 0.05) is 25.6 Å². The topological polar surface area (TPSA) is 96.0 Å². The van der Waals surface area contributed by atoms with Gasteiger partial charge in [0.1, 0.15) is 11.8 Å². The van der Waals surface area contributed by atoms with Crippen LogP contribution in [0.25, 0.3) is 0 Å². The molecule has 208 valence electrons. The van der Waals surface area contributed by atoms with Gasteiger partial charge in [0.15, 0.2) is 0 Å². The standard InChI is InChI=1S/C29H41N3O5S/c1-22-12-10-13-24(20-22)21-31(23(2)29(34)30-25-14-6-5-7-15-25)28(33)18-11-19-32(38(4,35)36)26-16-8-9-17-27(26)37-3/h8-10,12-13,16-17,20,23,25H,5-7,11,14-15,18-19,21H2,1-4H3,(H,30,34)/t23-/m0/s1. The SMILES string of the molecule is COc1ccccc1N(CCCC(=O)N(Cc1cccc(C)c1)[C@@H](C)C(=O)NC1CCCCC1)S(C)(=O)=O. The van der Waals surface area contributed by atoms with E-state index in [4.69, 9.17) is 4.74 Å². The number of aryl methyl sites for hydroxylation is 1. The number of methoxy groups -OCH3 is 1. The van der Waals surface area contributed by atoms with E-state index >= 15 is 0 Å². The second-order valence-electron chi connectivity index (χ2n) is 10.1. The minimum atomic E-state index is -3.60. The van der Waals surface area contributed by atoms with Gasteiger partial charge in [0.25, 0.3) is 0 Å². The Morgan fingerprint density at radius 3 is 2.45 bits per heavy atom. The summed E-state index contributed by atoms with van der Waals surface area (Å²) in [6, 6.07) is 14.3. The maximum absolute atomic E-state index is 13.5. The average Bonchev–Trinajstić information content (AvgIpc) is 2.89. The Labute approximate surface area is 227 Å². The summed E-state index contributed by atoms with van der Waals surface area (Å²) in [7, 11) is -2.11. The molecule has 2 amide bonds. The van der Waals surface area contributed by atoms with Gasteiger partial charge < -0.3 is 15.0 Å². The van der Waals surface area contributed by atoms with Gasteiger partial charge in [-0.2, -0.15) is 0 Å². The summed E-state index contributed by atoms with van der Waals surface area (Å²) in [5.41, 5.74) is 2.46. The summed E-state index contributed by atoms with van der Waals surface area (Å²) in [6.45, 7) is 4.18. The molecule has 0 unspecified atom stereocenters. The number of ether oxygens (including phenoxy) is 1. The molecule has 0 saturated heterocycles. The van der Waals surface area contributed by atoms with Crippen LogP contribution >= 0.6 is 0 Å². The maximum atomic E-state index is 13.5. The highest BCUT2D eigenvalue weighted by molar-refractivity contribution is 7.92. The molecule has 0 heterocycles. The number of rotatable bonds is 12. The van der Waals surface area contributed by atoms with E-state index in [-0.39, 0.29) is 30.8 Å². The summed E-state index contributed by atoms with van der Waals surface area (Å²) in [4.78, 5) is 28.3. The molecule has 9 heteroatoms. The number of amides is 2. The molecule has 0 aliphatic heterocycles. The molecule has 0 radical (unpaired) electrons. The quantitative estimate of drug-likeness (QED) is 0.428. The number of para-hydroxylation sites is 2. The third kappa shape index (κ3) is 8.21. The Kier molecular flexibility index (Phi) is 10.6. The second kappa shape index (κ2) is 13.6. The molecule has 0 spiro atoms. The first-order valence-electron chi connectivity index (χ1n) is 13.4. The normalized spacial score (nSPS) is 14.9. The smallest absolute Gasteiger partial charge is 0.242 e. The first-order chi connectivity index (χ1) is 18.1.